The largest absolute Gasteiger partial charge is 0.497 e. The van der Waals surface area contributed by atoms with E-state index in [9.17, 15) is 8.42 Å². The predicted octanol–water partition coefficient (Wildman–Crippen LogP) is 2.93. The Bertz CT molecular complexity index is 1070. The van der Waals surface area contributed by atoms with Gasteiger partial charge in [0.25, 0.3) is 0 Å². The number of ether oxygens (including phenoxy) is 2. The van der Waals surface area contributed by atoms with Gasteiger partial charge in [0.05, 0.1) is 14.2 Å². The summed E-state index contributed by atoms with van der Waals surface area (Å²) in [5.41, 5.74) is 3.20. The molecule has 0 amide bonds. The van der Waals surface area contributed by atoms with Crippen molar-refractivity contribution in [3.63, 3.8) is 0 Å². The number of aromatic amines is 1. The molecule has 1 N–H and O–H groups in total. The highest BCUT2D eigenvalue weighted by molar-refractivity contribution is 7.89. The maximum absolute atomic E-state index is 13.2. The highest BCUT2D eigenvalue weighted by Crippen LogP contribution is 2.34. The Morgan fingerprint density at radius 1 is 1.08 bits per heavy atom. The van der Waals surface area contributed by atoms with E-state index in [1.54, 1.807) is 12.1 Å². The zero-order valence-corrected chi connectivity index (χ0v) is 15.5. The fourth-order valence-corrected chi connectivity index (χ4v) is 5.02. The Hall–Kier alpha value is -2.51. The first-order chi connectivity index (χ1) is 12.5. The van der Waals surface area contributed by atoms with E-state index in [0.29, 0.717) is 25.3 Å². The van der Waals surface area contributed by atoms with Gasteiger partial charge in [-0.2, -0.15) is 4.31 Å². The number of H-pyrrole nitrogens is 1. The molecule has 2 aromatic carbocycles. The monoisotopic (exact) mass is 372 g/mol. The molecule has 7 heteroatoms. The fraction of sp³-hybridized carbons (Fsp3) is 0.263. The van der Waals surface area contributed by atoms with E-state index in [4.69, 9.17) is 9.47 Å². The Morgan fingerprint density at radius 3 is 2.65 bits per heavy atom. The number of fused-ring (bicyclic) bond motifs is 3. The van der Waals surface area contributed by atoms with Crippen LogP contribution in [0.3, 0.4) is 0 Å². The minimum Gasteiger partial charge on any atom is -0.497 e. The van der Waals surface area contributed by atoms with Crippen LogP contribution in [-0.4, -0.2) is 38.5 Å². The second-order valence-corrected chi connectivity index (χ2v) is 8.14. The molecule has 1 aliphatic rings. The maximum Gasteiger partial charge on any atom is 0.247 e. The summed E-state index contributed by atoms with van der Waals surface area (Å²) in [4.78, 5) is 3.56. The van der Waals surface area contributed by atoms with Crippen molar-refractivity contribution < 1.29 is 17.9 Å². The van der Waals surface area contributed by atoms with Gasteiger partial charge < -0.3 is 14.5 Å². The number of rotatable bonds is 4. The number of sulfonamides is 1. The third-order valence-electron chi connectivity index (χ3n) is 4.84. The Balaban J connectivity index is 1.74. The third-order valence-corrected chi connectivity index (χ3v) is 6.72. The minimum atomic E-state index is -3.68. The average Bonchev–Trinajstić information content (AvgIpc) is 3.05. The zero-order valence-electron chi connectivity index (χ0n) is 14.7. The van der Waals surface area contributed by atoms with E-state index in [-0.39, 0.29) is 10.6 Å². The molecular weight excluding hydrogens is 352 g/mol. The van der Waals surface area contributed by atoms with Gasteiger partial charge in [0.2, 0.25) is 10.0 Å². The van der Waals surface area contributed by atoms with Gasteiger partial charge in [-0.25, -0.2) is 8.42 Å². The molecule has 0 saturated carbocycles. The SMILES string of the molecule is COc1ccc(S(=O)(=O)N2CCc3[nH]c4ccccc4c3C2)c(OC)c1. The molecule has 1 aliphatic heterocycles. The number of hydrogen-bond acceptors (Lipinski definition) is 4. The highest BCUT2D eigenvalue weighted by atomic mass is 32.2. The van der Waals surface area contributed by atoms with E-state index in [1.807, 2.05) is 24.3 Å². The van der Waals surface area contributed by atoms with Gasteiger partial charge in [-0.1, -0.05) is 18.2 Å². The molecule has 2 heterocycles. The van der Waals surface area contributed by atoms with E-state index in [2.05, 4.69) is 4.98 Å². The summed E-state index contributed by atoms with van der Waals surface area (Å²) in [6, 6.07) is 12.7. The molecule has 0 unspecified atom stereocenters. The summed E-state index contributed by atoms with van der Waals surface area (Å²) < 4.78 is 38.4. The zero-order chi connectivity index (χ0) is 18.3. The van der Waals surface area contributed by atoms with E-state index in [0.717, 1.165) is 22.2 Å². The molecule has 0 bridgehead atoms. The van der Waals surface area contributed by atoms with E-state index in [1.165, 1.54) is 24.6 Å². The van der Waals surface area contributed by atoms with Crippen LogP contribution >= 0.6 is 0 Å². The summed E-state index contributed by atoms with van der Waals surface area (Å²) in [6.07, 6.45) is 0.654. The number of para-hydroxylation sites is 1. The van der Waals surface area contributed by atoms with Crippen molar-refractivity contribution in [2.75, 3.05) is 20.8 Å². The molecule has 0 atom stereocenters. The Labute approximate surface area is 152 Å². The topological polar surface area (TPSA) is 71.6 Å². The lowest BCUT2D eigenvalue weighted by molar-refractivity contribution is 0.372. The first-order valence-electron chi connectivity index (χ1n) is 8.35. The first-order valence-corrected chi connectivity index (χ1v) is 9.79. The Morgan fingerprint density at radius 2 is 1.88 bits per heavy atom. The summed E-state index contributed by atoms with van der Waals surface area (Å²) in [7, 11) is -0.686. The molecule has 0 fully saturated rings. The van der Waals surface area contributed by atoms with Crippen LogP contribution in [0.1, 0.15) is 11.3 Å². The van der Waals surface area contributed by atoms with Crippen molar-refractivity contribution in [3.05, 3.63) is 53.7 Å². The van der Waals surface area contributed by atoms with Crippen LogP contribution < -0.4 is 9.47 Å². The van der Waals surface area contributed by atoms with E-state index >= 15 is 0 Å². The fourth-order valence-electron chi connectivity index (χ4n) is 3.47. The normalized spacial score (nSPS) is 15.0. The summed E-state index contributed by atoms with van der Waals surface area (Å²) in [5.74, 6) is 0.840. The number of hydrogen-bond donors (Lipinski definition) is 1. The standard InChI is InChI=1S/C19H20N2O4S/c1-24-13-7-8-19(18(11-13)25-2)26(22,23)21-10-9-17-15(12-21)14-5-3-4-6-16(14)20-17/h3-8,11,20H,9-10,12H2,1-2H3. The number of nitrogens with zero attached hydrogens (tertiary/aromatic N) is 1. The van der Waals surface area contributed by atoms with Crippen LogP contribution in [0, 0.1) is 0 Å². The quantitative estimate of drug-likeness (QED) is 0.764. The lowest BCUT2D eigenvalue weighted by Gasteiger charge is -2.27. The van der Waals surface area contributed by atoms with Crippen LogP contribution in [0.4, 0.5) is 0 Å². The molecule has 1 aromatic heterocycles. The van der Waals surface area contributed by atoms with Crippen LogP contribution in [0.25, 0.3) is 10.9 Å². The molecule has 26 heavy (non-hydrogen) atoms. The smallest absolute Gasteiger partial charge is 0.247 e. The molecule has 4 rings (SSSR count). The summed E-state index contributed by atoms with van der Waals surface area (Å²) >= 11 is 0. The molecule has 0 spiro atoms. The average molecular weight is 372 g/mol. The number of methoxy groups -OCH3 is 2. The van der Waals surface area contributed by atoms with Gasteiger partial charge in [-0.05, 0) is 23.8 Å². The maximum atomic E-state index is 13.2. The van der Waals surface area contributed by atoms with Crippen LogP contribution in [0.15, 0.2) is 47.4 Å². The van der Waals surface area contributed by atoms with Crippen molar-refractivity contribution in [1.82, 2.24) is 9.29 Å². The summed E-state index contributed by atoms with van der Waals surface area (Å²) in [6.45, 7) is 0.772. The van der Waals surface area contributed by atoms with Crippen molar-refractivity contribution in [2.24, 2.45) is 0 Å². The van der Waals surface area contributed by atoms with Gasteiger partial charge in [-0.15, -0.1) is 0 Å². The number of benzene rings is 2. The Kier molecular flexibility index (Phi) is 4.13. The first kappa shape index (κ1) is 16.9. The van der Waals surface area contributed by atoms with Crippen molar-refractivity contribution in [1.29, 1.82) is 0 Å². The van der Waals surface area contributed by atoms with Crippen molar-refractivity contribution >= 4 is 20.9 Å². The van der Waals surface area contributed by atoms with Crippen molar-refractivity contribution in [2.45, 2.75) is 17.9 Å². The lowest BCUT2D eigenvalue weighted by atomic mass is 10.1. The second kappa shape index (κ2) is 6.34. The predicted molar refractivity (Wildman–Crippen MR) is 99.1 cm³/mol. The van der Waals surface area contributed by atoms with E-state index < -0.39 is 10.0 Å². The molecule has 0 aliphatic carbocycles. The van der Waals surface area contributed by atoms with Gasteiger partial charge >= 0.3 is 0 Å². The highest BCUT2D eigenvalue weighted by Gasteiger charge is 2.32. The van der Waals surface area contributed by atoms with Gasteiger partial charge in [0.1, 0.15) is 16.4 Å². The van der Waals surface area contributed by atoms with Gasteiger partial charge in [-0.3, -0.25) is 0 Å². The van der Waals surface area contributed by atoms with Crippen LogP contribution in [-0.2, 0) is 23.0 Å². The molecule has 6 nitrogen and oxygen atoms in total. The molecule has 3 aromatic rings. The van der Waals surface area contributed by atoms with Gasteiger partial charge in [0.15, 0.2) is 0 Å². The summed E-state index contributed by atoms with van der Waals surface area (Å²) in [5, 5.41) is 1.07. The molecular formula is C19H20N2O4S. The molecule has 0 saturated heterocycles. The third kappa shape index (κ3) is 2.64. The number of aromatic nitrogens is 1. The minimum absolute atomic E-state index is 0.157. The molecule has 0 radical (unpaired) electrons. The number of nitrogens with one attached hydrogen (secondary N) is 1. The molecule has 136 valence electrons. The second-order valence-electron chi connectivity index (χ2n) is 6.23. The lowest BCUT2D eigenvalue weighted by Crippen LogP contribution is -2.36. The van der Waals surface area contributed by atoms with Gasteiger partial charge in [0, 0.05) is 42.2 Å². The van der Waals surface area contributed by atoms with Crippen LogP contribution in [0.5, 0.6) is 11.5 Å². The van der Waals surface area contributed by atoms with Crippen molar-refractivity contribution in [3.8, 4) is 11.5 Å². The van der Waals surface area contributed by atoms with Crippen LogP contribution in [0.2, 0.25) is 0 Å².